The predicted octanol–water partition coefficient (Wildman–Crippen LogP) is 0.650. The standard InChI is InChI=1S/C27H30N5O11P/c1-40-20-13-16(43-44(37,38)39)14-21(41-2)17(20)15-42-27-25(30-18-5-3-4-6-19(18)31-27)26(36)29-11-10-28-22(33)9-12-32-23(34)7-8-24(32)35/h3-8,13-14,23,34H,9-12,15H2,1-2H3,(H,28,33)(H,29,36)(H2,37,38,39). The van der Waals surface area contributed by atoms with Crippen molar-refractivity contribution in [3.63, 3.8) is 0 Å². The number of rotatable bonds is 14. The molecule has 5 N–H and O–H groups in total. The molecule has 0 saturated carbocycles. The lowest BCUT2D eigenvalue weighted by atomic mass is 10.1. The Bertz CT molecular complexity index is 1600. The third-order valence-electron chi connectivity index (χ3n) is 6.24. The van der Waals surface area contributed by atoms with Crippen LogP contribution in [0.25, 0.3) is 11.0 Å². The number of aliphatic hydroxyl groups excluding tert-OH is 1. The summed E-state index contributed by atoms with van der Waals surface area (Å²) in [5, 5.41) is 15.0. The highest BCUT2D eigenvalue weighted by Crippen LogP contribution is 2.42. The molecule has 4 rings (SSSR count). The molecule has 3 amide bonds. The van der Waals surface area contributed by atoms with Gasteiger partial charge in [-0.3, -0.25) is 24.2 Å². The van der Waals surface area contributed by atoms with E-state index in [9.17, 15) is 24.1 Å². The molecule has 0 saturated heterocycles. The minimum absolute atomic E-state index is 0.0353. The SMILES string of the molecule is COc1cc(OP(=O)(O)O)cc(OC)c1COc1nc2ccccc2nc1C(=O)NCCNC(=O)CCN1C(=O)C=CC1O. The van der Waals surface area contributed by atoms with Crippen LogP contribution in [0.4, 0.5) is 0 Å². The van der Waals surface area contributed by atoms with Gasteiger partial charge in [0.2, 0.25) is 17.7 Å². The van der Waals surface area contributed by atoms with Gasteiger partial charge in [-0.15, -0.1) is 0 Å². The zero-order valence-corrected chi connectivity index (χ0v) is 24.5. The second kappa shape index (κ2) is 14.1. The van der Waals surface area contributed by atoms with E-state index in [1.807, 2.05) is 0 Å². The second-order valence-electron chi connectivity index (χ2n) is 9.20. The maximum absolute atomic E-state index is 13.1. The number of phosphoric ester groups is 1. The summed E-state index contributed by atoms with van der Waals surface area (Å²) in [6, 6.07) is 9.33. The molecule has 0 aliphatic carbocycles. The van der Waals surface area contributed by atoms with Gasteiger partial charge in [-0.25, -0.2) is 14.5 Å². The number of aliphatic hydroxyl groups is 1. The lowest BCUT2D eigenvalue weighted by Gasteiger charge is -2.19. The number of amides is 3. The molecule has 44 heavy (non-hydrogen) atoms. The number of carbonyl (C=O) groups is 3. The zero-order chi connectivity index (χ0) is 31.9. The van der Waals surface area contributed by atoms with Crippen LogP contribution in [0, 0.1) is 0 Å². The quantitative estimate of drug-likeness (QED) is 0.122. The van der Waals surface area contributed by atoms with Gasteiger partial charge >= 0.3 is 7.82 Å². The van der Waals surface area contributed by atoms with Gasteiger partial charge in [-0.2, -0.15) is 0 Å². The van der Waals surface area contributed by atoms with E-state index >= 15 is 0 Å². The maximum Gasteiger partial charge on any atom is 0.524 e. The Hall–Kier alpha value is -4.76. The van der Waals surface area contributed by atoms with Crippen LogP contribution >= 0.6 is 7.82 Å². The Kier molecular flexibility index (Phi) is 10.3. The third kappa shape index (κ3) is 8.20. The number of benzene rings is 2. The first-order valence-corrected chi connectivity index (χ1v) is 14.6. The van der Waals surface area contributed by atoms with Crippen molar-refractivity contribution in [1.29, 1.82) is 0 Å². The van der Waals surface area contributed by atoms with E-state index < -0.39 is 20.0 Å². The number of nitrogens with zero attached hydrogens (tertiary/aromatic N) is 3. The number of ether oxygens (including phenoxy) is 3. The van der Waals surface area contributed by atoms with Crippen LogP contribution in [0.15, 0.2) is 48.6 Å². The smallest absolute Gasteiger partial charge is 0.496 e. The van der Waals surface area contributed by atoms with Crippen LogP contribution in [-0.4, -0.2) is 87.6 Å². The minimum Gasteiger partial charge on any atom is -0.496 e. The van der Waals surface area contributed by atoms with E-state index in [1.54, 1.807) is 24.3 Å². The summed E-state index contributed by atoms with van der Waals surface area (Å²) >= 11 is 0. The van der Waals surface area contributed by atoms with Crippen molar-refractivity contribution in [2.24, 2.45) is 0 Å². The van der Waals surface area contributed by atoms with Crippen molar-refractivity contribution in [2.75, 3.05) is 33.9 Å². The molecule has 1 unspecified atom stereocenters. The Morgan fingerprint density at radius 3 is 2.25 bits per heavy atom. The largest absolute Gasteiger partial charge is 0.524 e. The van der Waals surface area contributed by atoms with E-state index in [0.29, 0.717) is 16.6 Å². The fourth-order valence-electron chi connectivity index (χ4n) is 4.18. The number of fused-ring (bicyclic) bond motifs is 1. The van der Waals surface area contributed by atoms with Gasteiger partial charge in [0.05, 0.1) is 30.8 Å². The third-order valence-corrected chi connectivity index (χ3v) is 6.69. The van der Waals surface area contributed by atoms with Crippen LogP contribution in [0.2, 0.25) is 0 Å². The van der Waals surface area contributed by atoms with E-state index in [0.717, 1.165) is 4.90 Å². The van der Waals surface area contributed by atoms with Gasteiger partial charge in [-0.05, 0) is 18.2 Å². The molecular formula is C27H30N5O11P. The first kappa shape index (κ1) is 32.2. The average molecular weight is 632 g/mol. The molecule has 3 aromatic rings. The van der Waals surface area contributed by atoms with Gasteiger partial charge in [0.1, 0.15) is 30.1 Å². The fourth-order valence-corrected chi connectivity index (χ4v) is 4.56. The number of para-hydroxylation sites is 2. The minimum atomic E-state index is -4.85. The summed E-state index contributed by atoms with van der Waals surface area (Å²) < 4.78 is 32.5. The Balaban J connectivity index is 1.43. The van der Waals surface area contributed by atoms with Gasteiger partial charge in [0.25, 0.3) is 5.91 Å². The van der Waals surface area contributed by atoms with Crippen LogP contribution in [0.5, 0.6) is 23.1 Å². The fraction of sp³-hybridized carbons (Fsp3) is 0.296. The summed E-state index contributed by atoms with van der Waals surface area (Å²) in [5.74, 6) is -1.45. The van der Waals surface area contributed by atoms with Crippen LogP contribution in [0.3, 0.4) is 0 Å². The highest BCUT2D eigenvalue weighted by molar-refractivity contribution is 7.46. The van der Waals surface area contributed by atoms with Crippen molar-refractivity contribution in [3.05, 3.63) is 59.8 Å². The number of hydrogen-bond acceptors (Lipinski definition) is 11. The zero-order valence-electron chi connectivity index (χ0n) is 23.6. The summed E-state index contributed by atoms with van der Waals surface area (Å²) in [5.41, 5.74) is 1.08. The molecule has 1 atom stereocenters. The highest BCUT2D eigenvalue weighted by Gasteiger charge is 2.25. The predicted molar refractivity (Wildman–Crippen MR) is 153 cm³/mol. The molecule has 0 spiro atoms. The Morgan fingerprint density at radius 1 is 1.02 bits per heavy atom. The molecule has 2 heterocycles. The van der Waals surface area contributed by atoms with Crippen LogP contribution in [-0.2, 0) is 20.8 Å². The molecule has 1 aliphatic rings. The van der Waals surface area contributed by atoms with Crippen LogP contribution in [0.1, 0.15) is 22.5 Å². The highest BCUT2D eigenvalue weighted by atomic mass is 31.2. The van der Waals surface area contributed by atoms with Gasteiger partial charge < -0.3 is 39.4 Å². The molecule has 2 aromatic carbocycles. The number of methoxy groups -OCH3 is 2. The topological polar surface area (TPSA) is 219 Å². The lowest BCUT2D eigenvalue weighted by Crippen LogP contribution is -2.39. The van der Waals surface area contributed by atoms with E-state index in [-0.39, 0.29) is 73.3 Å². The molecule has 0 fully saturated rings. The molecular weight excluding hydrogens is 601 g/mol. The summed E-state index contributed by atoms with van der Waals surface area (Å²) in [4.78, 5) is 65.3. The Morgan fingerprint density at radius 2 is 1.66 bits per heavy atom. The molecule has 16 nitrogen and oxygen atoms in total. The molecule has 17 heteroatoms. The van der Waals surface area contributed by atoms with Crippen molar-refractivity contribution in [3.8, 4) is 23.1 Å². The summed E-state index contributed by atoms with van der Waals surface area (Å²) in [7, 11) is -2.19. The molecule has 234 valence electrons. The number of hydrogen-bond donors (Lipinski definition) is 5. The van der Waals surface area contributed by atoms with Gasteiger partial charge in [0.15, 0.2) is 5.69 Å². The molecule has 1 aliphatic heterocycles. The monoisotopic (exact) mass is 631 g/mol. The van der Waals surface area contributed by atoms with Crippen LogP contribution < -0.4 is 29.4 Å². The number of nitrogens with one attached hydrogen (secondary N) is 2. The molecule has 1 aromatic heterocycles. The average Bonchev–Trinajstić information content (AvgIpc) is 3.31. The number of aromatic nitrogens is 2. The van der Waals surface area contributed by atoms with Gasteiger partial charge in [0, 0.05) is 44.3 Å². The number of phosphoric acid groups is 1. The van der Waals surface area contributed by atoms with E-state index in [1.165, 1.54) is 38.5 Å². The lowest BCUT2D eigenvalue weighted by molar-refractivity contribution is -0.131. The van der Waals surface area contributed by atoms with Gasteiger partial charge in [-0.1, -0.05) is 12.1 Å². The first-order chi connectivity index (χ1) is 21.0. The summed E-state index contributed by atoms with van der Waals surface area (Å²) in [6.45, 7) is -0.0921. The normalized spacial score (nSPS) is 14.4. The first-order valence-electron chi connectivity index (χ1n) is 13.1. The van der Waals surface area contributed by atoms with E-state index in [4.69, 9.17) is 24.0 Å². The second-order valence-corrected chi connectivity index (χ2v) is 10.4. The van der Waals surface area contributed by atoms with Crippen molar-refractivity contribution in [1.82, 2.24) is 25.5 Å². The summed E-state index contributed by atoms with van der Waals surface area (Å²) in [6.07, 6.45) is 1.47. The number of carbonyl (C=O) groups excluding carboxylic acids is 3. The Labute approximate surface area is 250 Å². The van der Waals surface area contributed by atoms with E-state index in [2.05, 4.69) is 25.1 Å². The maximum atomic E-state index is 13.1. The van der Waals surface area contributed by atoms with Crippen molar-refractivity contribution >= 4 is 36.6 Å². The molecule has 0 radical (unpaired) electrons. The van der Waals surface area contributed by atoms with Crippen molar-refractivity contribution in [2.45, 2.75) is 19.3 Å². The molecule has 0 bridgehead atoms. The van der Waals surface area contributed by atoms with Crippen molar-refractivity contribution < 1.29 is 52.6 Å².